The van der Waals surface area contributed by atoms with Crippen LogP contribution in [0.25, 0.3) is 11.5 Å². The van der Waals surface area contributed by atoms with E-state index in [-0.39, 0.29) is 5.76 Å². The summed E-state index contributed by atoms with van der Waals surface area (Å²) in [6.45, 7) is 4.95. The predicted octanol–water partition coefficient (Wildman–Crippen LogP) is 3.49. The van der Waals surface area contributed by atoms with E-state index in [0.717, 1.165) is 16.8 Å². The van der Waals surface area contributed by atoms with Gasteiger partial charge in [0.25, 0.3) is 0 Å². The van der Waals surface area contributed by atoms with Crippen molar-refractivity contribution in [2.75, 3.05) is 18.5 Å². The van der Waals surface area contributed by atoms with Crippen LogP contribution in [0.4, 0.5) is 5.69 Å². The van der Waals surface area contributed by atoms with Gasteiger partial charge in [-0.25, -0.2) is 0 Å². The number of benzene rings is 2. The van der Waals surface area contributed by atoms with Crippen molar-refractivity contribution in [3.8, 4) is 11.5 Å². The van der Waals surface area contributed by atoms with Gasteiger partial charge in [-0.1, -0.05) is 36.0 Å². The number of nitrogens with zero attached hydrogens (tertiary/aromatic N) is 1. The van der Waals surface area contributed by atoms with Crippen molar-refractivity contribution < 1.29 is 19.1 Å². The number of thiocarbonyl (C=S) groups is 1. The van der Waals surface area contributed by atoms with Crippen molar-refractivity contribution >= 4 is 34.3 Å². The van der Waals surface area contributed by atoms with E-state index < -0.39 is 0 Å². The SMILES string of the molecule is Cc1ccc(NC(=S)C(=C([O-])c2ccc3c(c2)OCCO3)[n+]2cccc(C)c2)cc1. The summed E-state index contributed by atoms with van der Waals surface area (Å²) in [5.74, 6) is 1.01. The summed E-state index contributed by atoms with van der Waals surface area (Å²) in [6, 6.07) is 16.9. The third-order valence-electron chi connectivity index (χ3n) is 4.75. The van der Waals surface area contributed by atoms with E-state index in [0.29, 0.717) is 41.0 Å². The number of fused-ring (bicyclic) bond motifs is 1. The lowest BCUT2D eigenvalue weighted by Crippen LogP contribution is -2.40. The van der Waals surface area contributed by atoms with Crippen molar-refractivity contribution in [3.05, 3.63) is 83.7 Å². The molecule has 0 saturated carbocycles. The maximum Gasteiger partial charge on any atom is 0.238 e. The molecule has 0 spiro atoms. The van der Waals surface area contributed by atoms with Crippen LogP contribution in [0.1, 0.15) is 16.7 Å². The van der Waals surface area contributed by atoms with Gasteiger partial charge in [0.05, 0.1) is 0 Å². The summed E-state index contributed by atoms with van der Waals surface area (Å²) >= 11 is 5.67. The maximum atomic E-state index is 13.5. The minimum atomic E-state index is -0.202. The zero-order chi connectivity index (χ0) is 21.1. The molecule has 0 saturated heterocycles. The molecule has 3 aromatic rings. The molecule has 0 amide bonds. The van der Waals surface area contributed by atoms with Crippen molar-refractivity contribution in [3.63, 3.8) is 0 Å². The number of pyridine rings is 1. The molecule has 2 aromatic carbocycles. The largest absolute Gasteiger partial charge is 0.867 e. The number of anilines is 1. The van der Waals surface area contributed by atoms with Gasteiger partial charge in [-0.3, -0.25) is 0 Å². The molecule has 0 bridgehead atoms. The highest BCUT2D eigenvalue weighted by atomic mass is 32.1. The molecule has 30 heavy (non-hydrogen) atoms. The molecule has 1 aliphatic rings. The summed E-state index contributed by atoms with van der Waals surface area (Å²) < 4.78 is 13.0. The second kappa shape index (κ2) is 8.55. The summed E-state index contributed by atoms with van der Waals surface area (Å²) in [5.41, 5.74) is 3.84. The van der Waals surface area contributed by atoms with Gasteiger partial charge in [0.15, 0.2) is 28.9 Å². The normalized spacial score (nSPS) is 13.4. The summed E-state index contributed by atoms with van der Waals surface area (Å²) in [7, 11) is 0. The average Bonchev–Trinajstić information content (AvgIpc) is 2.75. The number of hydrogen-bond donors (Lipinski definition) is 1. The van der Waals surface area contributed by atoms with Crippen molar-refractivity contribution in [1.29, 1.82) is 0 Å². The highest BCUT2D eigenvalue weighted by Gasteiger charge is 2.20. The molecule has 4 rings (SSSR count). The van der Waals surface area contributed by atoms with Crippen LogP contribution >= 0.6 is 12.2 Å². The molecule has 0 atom stereocenters. The fraction of sp³-hybridized carbons (Fsp3) is 0.167. The Balaban J connectivity index is 1.78. The molecular formula is C24H22N2O3S. The highest BCUT2D eigenvalue weighted by molar-refractivity contribution is 7.81. The molecule has 5 nitrogen and oxygen atoms in total. The predicted molar refractivity (Wildman–Crippen MR) is 119 cm³/mol. The van der Waals surface area contributed by atoms with E-state index in [1.54, 1.807) is 22.8 Å². The van der Waals surface area contributed by atoms with E-state index in [4.69, 9.17) is 21.7 Å². The molecule has 0 fully saturated rings. The first-order chi connectivity index (χ1) is 14.5. The summed E-state index contributed by atoms with van der Waals surface area (Å²) in [4.78, 5) is 0.342. The van der Waals surface area contributed by atoms with Gasteiger partial charge in [-0.05, 0) is 55.5 Å². The molecule has 1 N–H and O–H groups in total. The Labute approximate surface area is 181 Å². The second-order valence-electron chi connectivity index (χ2n) is 7.14. The number of nitrogens with one attached hydrogen (secondary N) is 1. The zero-order valence-electron chi connectivity index (χ0n) is 16.8. The Hall–Kier alpha value is -3.38. The number of aryl methyl sites for hydroxylation is 2. The lowest BCUT2D eigenvalue weighted by Gasteiger charge is -2.21. The molecular weight excluding hydrogens is 396 g/mol. The first kappa shape index (κ1) is 19.9. The van der Waals surface area contributed by atoms with Crippen molar-refractivity contribution in [2.45, 2.75) is 13.8 Å². The van der Waals surface area contributed by atoms with Crippen LogP contribution in [0.2, 0.25) is 0 Å². The number of rotatable bonds is 4. The van der Waals surface area contributed by atoms with Gasteiger partial charge < -0.3 is 19.9 Å². The van der Waals surface area contributed by atoms with Crippen LogP contribution in [-0.4, -0.2) is 18.2 Å². The smallest absolute Gasteiger partial charge is 0.238 e. The van der Waals surface area contributed by atoms with Gasteiger partial charge in [-0.15, -0.1) is 0 Å². The van der Waals surface area contributed by atoms with Gasteiger partial charge in [-0.2, -0.15) is 4.57 Å². The molecule has 2 heterocycles. The second-order valence-corrected chi connectivity index (χ2v) is 7.55. The molecule has 1 aromatic heterocycles. The van der Waals surface area contributed by atoms with Crippen molar-refractivity contribution in [2.24, 2.45) is 0 Å². The minimum absolute atomic E-state index is 0.202. The zero-order valence-corrected chi connectivity index (χ0v) is 17.7. The monoisotopic (exact) mass is 418 g/mol. The Bertz CT molecular complexity index is 1120. The Morgan fingerprint density at radius 2 is 1.70 bits per heavy atom. The Kier molecular flexibility index (Phi) is 5.68. The molecule has 0 aliphatic carbocycles. The highest BCUT2D eigenvalue weighted by Crippen LogP contribution is 2.32. The minimum Gasteiger partial charge on any atom is -0.867 e. The topological polar surface area (TPSA) is 57.4 Å². The third-order valence-corrected chi connectivity index (χ3v) is 5.05. The molecule has 0 unspecified atom stereocenters. The first-order valence-electron chi connectivity index (χ1n) is 9.69. The Morgan fingerprint density at radius 3 is 2.43 bits per heavy atom. The average molecular weight is 419 g/mol. The standard InChI is InChI=1S/C24H22N2O3S/c1-16-5-8-19(9-6-16)25-24(30)22(26-11-3-4-17(2)15-26)23(27)18-7-10-20-21(14-18)29-13-12-28-20/h3-11,14-15H,12-13H2,1-2H3,(H-,25,27,30). The quantitative estimate of drug-likeness (QED) is 0.304. The summed E-state index contributed by atoms with van der Waals surface area (Å²) in [5, 5.41) is 16.7. The van der Waals surface area contributed by atoms with E-state index in [2.05, 4.69) is 5.32 Å². The van der Waals surface area contributed by atoms with E-state index in [9.17, 15) is 5.11 Å². The van der Waals surface area contributed by atoms with Crippen LogP contribution in [0.15, 0.2) is 67.0 Å². The Morgan fingerprint density at radius 1 is 0.967 bits per heavy atom. The van der Waals surface area contributed by atoms with Crippen LogP contribution < -0.4 is 24.5 Å². The molecule has 1 aliphatic heterocycles. The first-order valence-corrected chi connectivity index (χ1v) is 10.1. The van der Waals surface area contributed by atoms with E-state index in [1.807, 2.05) is 62.6 Å². The van der Waals surface area contributed by atoms with Gasteiger partial charge in [0.1, 0.15) is 13.2 Å². The molecule has 0 radical (unpaired) electrons. The van der Waals surface area contributed by atoms with E-state index >= 15 is 0 Å². The van der Waals surface area contributed by atoms with Crippen LogP contribution in [0.3, 0.4) is 0 Å². The lowest BCUT2D eigenvalue weighted by atomic mass is 10.1. The van der Waals surface area contributed by atoms with Crippen LogP contribution in [-0.2, 0) is 0 Å². The molecule has 152 valence electrons. The molecule has 6 heteroatoms. The fourth-order valence-corrected chi connectivity index (χ4v) is 3.53. The van der Waals surface area contributed by atoms with Crippen molar-refractivity contribution in [1.82, 2.24) is 0 Å². The number of hydrogen-bond acceptors (Lipinski definition) is 4. The van der Waals surface area contributed by atoms with Crippen LogP contribution in [0, 0.1) is 13.8 Å². The van der Waals surface area contributed by atoms with Gasteiger partial charge in [0.2, 0.25) is 5.70 Å². The number of ether oxygens (including phenoxy) is 2. The fourth-order valence-electron chi connectivity index (χ4n) is 3.22. The lowest BCUT2D eigenvalue weighted by molar-refractivity contribution is -0.578. The third kappa shape index (κ3) is 4.28. The maximum absolute atomic E-state index is 13.5. The van der Waals surface area contributed by atoms with Gasteiger partial charge >= 0.3 is 0 Å². The van der Waals surface area contributed by atoms with E-state index in [1.165, 1.54) is 0 Å². The van der Waals surface area contributed by atoms with Crippen LogP contribution in [0.5, 0.6) is 11.5 Å². The number of aromatic nitrogens is 1. The van der Waals surface area contributed by atoms with Gasteiger partial charge in [0, 0.05) is 17.3 Å². The summed E-state index contributed by atoms with van der Waals surface area (Å²) in [6.07, 6.45) is 3.70.